The third kappa shape index (κ3) is 3.26. The van der Waals surface area contributed by atoms with Gasteiger partial charge in [-0.25, -0.2) is 4.98 Å². The van der Waals surface area contributed by atoms with Gasteiger partial charge in [0.15, 0.2) is 0 Å². The summed E-state index contributed by atoms with van der Waals surface area (Å²) < 4.78 is 5.32. The van der Waals surface area contributed by atoms with Gasteiger partial charge in [0.05, 0.1) is 12.5 Å². The van der Waals surface area contributed by atoms with Crippen LogP contribution in [0.4, 0.5) is 0 Å². The minimum absolute atomic E-state index is 0.0988. The summed E-state index contributed by atoms with van der Waals surface area (Å²) in [5.41, 5.74) is 0.383. The van der Waals surface area contributed by atoms with Gasteiger partial charge in [0.2, 0.25) is 5.88 Å². The van der Waals surface area contributed by atoms with Crippen molar-refractivity contribution in [2.24, 2.45) is 5.92 Å². The first-order chi connectivity index (χ1) is 9.61. The topological polar surface area (TPSA) is 88.5 Å². The number of carbonyl (C=O) groups excluding carboxylic acids is 1. The molecule has 1 fully saturated rings. The van der Waals surface area contributed by atoms with E-state index in [1.165, 1.54) is 0 Å². The van der Waals surface area contributed by atoms with Crippen LogP contribution in [0.3, 0.4) is 0 Å². The fourth-order valence-corrected chi connectivity index (χ4v) is 2.42. The number of aromatic nitrogens is 1. The highest BCUT2D eigenvalue weighted by Crippen LogP contribution is 2.26. The summed E-state index contributed by atoms with van der Waals surface area (Å²) in [5, 5.41) is 11.8. The van der Waals surface area contributed by atoms with Crippen LogP contribution in [0.1, 0.15) is 36.5 Å². The molecule has 108 valence electrons. The summed E-state index contributed by atoms with van der Waals surface area (Å²) in [6, 6.07) is 3.22. The van der Waals surface area contributed by atoms with Crippen LogP contribution in [0.15, 0.2) is 18.3 Å². The van der Waals surface area contributed by atoms with Crippen LogP contribution < -0.4 is 10.1 Å². The Bertz CT molecular complexity index is 504. The molecule has 1 aromatic rings. The Morgan fingerprint density at radius 2 is 2.30 bits per heavy atom. The van der Waals surface area contributed by atoms with Gasteiger partial charge < -0.3 is 15.2 Å². The van der Waals surface area contributed by atoms with Gasteiger partial charge >= 0.3 is 5.97 Å². The smallest absolute Gasteiger partial charge is 0.306 e. The molecule has 6 heteroatoms. The number of nitrogens with zero attached hydrogens (tertiary/aromatic N) is 1. The van der Waals surface area contributed by atoms with Crippen molar-refractivity contribution in [3.8, 4) is 5.88 Å². The van der Waals surface area contributed by atoms with Crippen molar-refractivity contribution in [1.29, 1.82) is 0 Å². The van der Waals surface area contributed by atoms with Gasteiger partial charge in [-0.15, -0.1) is 0 Å². The number of amides is 1. The number of ether oxygens (including phenoxy) is 1. The minimum Gasteiger partial charge on any atom is -0.481 e. The second kappa shape index (κ2) is 6.36. The lowest BCUT2D eigenvalue weighted by atomic mass is 10.1. The van der Waals surface area contributed by atoms with Crippen LogP contribution in [0.5, 0.6) is 5.88 Å². The van der Waals surface area contributed by atoms with Crippen molar-refractivity contribution in [2.45, 2.75) is 32.2 Å². The number of pyridine rings is 1. The van der Waals surface area contributed by atoms with E-state index in [0.29, 0.717) is 37.3 Å². The van der Waals surface area contributed by atoms with Gasteiger partial charge in [-0.2, -0.15) is 0 Å². The molecule has 1 heterocycles. The van der Waals surface area contributed by atoms with Gasteiger partial charge in [-0.05, 0) is 38.3 Å². The van der Waals surface area contributed by atoms with Crippen LogP contribution >= 0.6 is 0 Å². The lowest BCUT2D eigenvalue weighted by Crippen LogP contribution is -2.33. The Labute approximate surface area is 117 Å². The van der Waals surface area contributed by atoms with Crippen LogP contribution in [-0.2, 0) is 4.79 Å². The molecule has 0 radical (unpaired) electrons. The first-order valence-electron chi connectivity index (χ1n) is 6.73. The normalized spacial score (nSPS) is 21.4. The van der Waals surface area contributed by atoms with E-state index in [4.69, 9.17) is 9.84 Å². The van der Waals surface area contributed by atoms with Gasteiger partial charge in [-0.3, -0.25) is 9.59 Å². The van der Waals surface area contributed by atoms with Crippen molar-refractivity contribution in [1.82, 2.24) is 10.3 Å². The first kappa shape index (κ1) is 14.3. The van der Waals surface area contributed by atoms with Crippen molar-refractivity contribution < 1.29 is 19.4 Å². The zero-order valence-corrected chi connectivity index (χ0v) is 11.3. The molecular weight excluding hydrogens is 260 g/mol. The molecule has 0 unspecified atom stereocenters. The summed E-state index contributed by atoms with van der Waals surface area (Å²) in [5.74, 6) is -1.11. The maximum Gasteiger partial charge on any atom is 0.306 e. The Hall–Kier alpha value is -2.11. The molecule has 2 rings (SSSR count). The number of rotatable bonds is 5. The van der Waals surface area contributed by atoms with Crippen molar-refractivity contribution >= 4 is 11.9 Å². The third-order valence-corrected chi connectivity index (χ3v) is 3.41. The predicted octanol–water partition coefficient (Wildman–Crippen LogP) is 1.46. The number of carbonyl (C=O) groups is 2. The molecule has 1 aliphatic carbocycles. The van der Waals surface area contributed by atoms with Crippen LogP contribution in [0, 0.1) is 5.92 Å². The molecule has 1 saturated carbocycles. The quantitative estimate of drug-likeness (QED) is 0.851. The van der Waals surface area contributed by atoms with E-state index in [2.05, 4.69) is 10.3 Å². The summed E-state index contributed by atoms with van der Waals surface area (Å²) in [6.07, 6.45) is 3.33. The van der Waals surface area contributed by atoms with Gasteiger partial charge in [0.1, 0.15) is 5.56 Å². The third-order valence-electron chi connectivity index (χ3n) is 3.41. The average molecular weight is 278 g/mol. The molecule has 2 N–H and O–H groups in total. The zero-order chi connectivity index (χ0) is 14.5. The number of nitrogens with one attached hydrogen (secondary N) is 1. The fraction of sp³-hybridized carbons (Fsp3) is 0.500. The Balaban J connectivity index is 2.01. The molecule has 0 bridgehead atoms. The molecule has 0 saturated heterocycles. The van der Waals surface area contributed by atoms with Gasteiger partial charge in [0, 0.05) is 12.2 Å². The molecule has 2 atom stereocenters. The van der Waals surface area contributed by atoms with Crippen LogP contribution in [-0.4, -0.2) is 34.6 Å². The highest BCUT2D eigenvalue weighted by molar-refractivity contribution is 5.96. The van der Waals surface area contributed by atoms with Crippen LogP contribution in [0.25, 0.3) is 0 Å². The summed E-state index contributed by atoms with van der Waals surface area (Å²) >= 11 is 0. The van der Waals surface area contributed by atoms with E-state index in [-0.39, 0.29) is 17.9 Å². The summed E-state index contributed by atoms with van der Waals surface area (Å²) in [4.78, 5) is 27.1. The fourth-order valence-electron chi connectivity index (χ4n) is 2.42. The van der Waals surface area contributed by atoms with Crippen LogP contribution in [0.2, 0.25) is 0 Å². The maximum atomic E-state index is 12.2. The average Bonchev–Trinajstić information content (AvgIpc) is 2.88. The Morgan fingerprint density at radius 3 is 2.95 bits per heavy atom. The zero-order valence-electron chi connectivity index (χ0n) is 11.3. The second-order valence-electron chi connectivity index (χ2n) is 4.81. The summed E-state index contributed by atoms with van der Waals surface area (Å²) in [6.45, 7) is 2.26. The first-order valence-corrected chi connectivity index (χ1v) is 6.73. The van der Waals surface area contributed by atoms with E-state index in [1.807, 2.05) is 6.92 Å². The van der Waals surface area contributed by atoms with Gasteiger partial charge in [-0.1, -0.05) is 0 Å². The summed E-state index contributed by atoms with van der Waals surface area (Å²) in [7, 11) is 0. The predicted molar refractivity (Wildman–Crippen MR) is 71.6 cm³/mol. The van der Waals surface area contributed by atoms with E-state index < -0.39 is 5.97 Å². The second-order valence-corrected chi connectivity index (χ2v) is 4.81. The Morgan fingerprint density at radius 1 is 1.50 bits per heavy atom. The van der Waals surface area contributed by atoms with Crippen molar-refractivity contribution in [3.05, 3.63) is 23.9 Å². The number of carboxylic acid groups (broad SMARTS) is 1. The maximum absolute atomic E-state index is 12.2. The molecular formula is C14H18N2O4. The monoisotopic (exact) mass is 278 g/mol. The van der Waals surface area contributed by atoms with E-state index >= 15 is 0 Å². The number of hydrogen-bond acceptors (Lipinski definition) is 4. The molecule has 6 nitrogen and oxygen atoms in total. The lowest BCUT2D eigenvalue weighted by Gasteiger charge is -2.14. The van der Waals surface area contributed by atoms with Crippen molar-refractivity contribution in [2.75, 3.05) is 6.61 Å². The molecule has 0 aliphatic heterocycles. The lowest BCUT2D eigenvalue weighted by molar-refractivity contribution is -0.141. The van der Waals surface area contributed by atoms with E-state index in [9.17, 15) is 9.59 Å². The molecule has 1 aromatic heterocycles. The largest absolute Gasteiger partial charge is 0.481 e. The molecule has 1 aliphatic rings. The standard InChI is InChI=1S/C14H18N2O4/c1-2-20-13-11(4-3-7-15-13)12(17)16-10-6-5-9(8-10)14(18)19/h3-4,7,9-10H,2,5-6,8H2,1H3,(H,16,17)(H,18,19)/t9-,10+/m0/s1. The number of aliphatic carboxylic acids is 1. The van der Waals surface area contributed by atoms with E-state index in [1.54, 1.807) is 18.3 Å². The molecule has 20 heavy (non-hydrogen) atoms. The van der Waals surface area contributed by atoms with E-state index in [0.717, 1.165) is 0 Å². The SMILES string of the molecule is CCOc1ncccc1C(=O)N[C@@H]1CC[C@H](C(=O)O)C1. The molecule has 1 amide bonds. The van der Waals surface area contributed by atoms with Gasteiger partial charge in [0.25, 0.3) is 5.91 Å². The van der Waals surface area contributed by atoms with Crippen molar-refractivity contribution in [3.63, 3.8) is 0 Å². The highest BCUT2D eigenvalue weighted by Gasteiger charge is 2.31. The number of carboxylic acids is 1. The Kier molecular flexibility index (Phi) is 4.55. The number of hydrogen-bond donors (Lipinski definition) is 2. The highest BCUT2D eigenvalue weighted by atomic mass is 16.5. The molecule has 0 aromatic carbocycles. The molecule has 0 spiro atoms. The minimum atomic E-state index is -0.793.